The normalized spacial score (nSPS) is 15.4. The summed E-state index contributed by atoms with van der Waals surface area (Å²) in [6.45, 7) is 6.48. The van der Waals surface area contributed by atoms with Crippen LogP contribution in [-0.4, -0.2) is 25.7 Å². The van der Waals surface area contributed by atoms with Gasteiger partial charge in [0.05, 0.1) is 11.7 Å². The molecule has 0 radical (unpaired) electrons. The van der Waals surface area contributed by atoms with Crippen LogP contribution < -0.4 is 10.2 Å². The molecule has 8 heteroatoms. The van der Waals surface area contributed by atoms with E-state index in [-0.39, 0.29) is 23.1 Å². The standard InChI is InChI=1S/C26H30N6OS/c1-26(2,3)19-11-13-21(14-12-19)32(24-22(16-27)30-34-31-24)23(18-8-7-15-28-17-18)25(33)29-20-9-5-4-6-10-20/h7-8,11-15,17,20,23H,4-6,9-10H2,1-3H3,(H,29,33). The summed E-state index contributed by atoms with van der Waals surface area (Å²) in [5, 5.41) is 13.0. The number of aromatic nitrogens is 3. The largest absolute Gasteiger partial charge is 0.351 e. The SMILES string of the molecule is CC(C)(C)c1ccc(N(c2nsnc2C#N)C(C(=O)NC2CCCCC2)c2cccnc2)cc1. The second kappa shape index (κ2) is 10.3. The van der Waals surface area contributed by atoms with E-state index in [1.54, 1.807) is 12.4 Å². The van der Waals surface area contributed by atoms with E-state index < -0.39 is 6.04 Å². The fourth-order valence-electron chi connectivity index (χ4n) is 4.41. The molecule has 176 valence electrons. The Morgan fingerprint density at radius 3 is 2.50 bits per heavy atom. The number of pyridine rings is 1. The third kappa shape index (κ3) is 5.26. The van der Waals surface area contributed by atoms with Crippen LogP contribution in [0.5, 0.6) is 0 Å². The van der Waals surface area contributed by atoms with Gasteiger partial charge in [-0.25, -0.2) is 0 Å². The number of nitrogens with one attached hydrogen (secondary N) is 1. The minimum Gasteiger partial charge on any atom is -0.351 e. The van der Waals surface area contributed by atoms with E-state index >= 15 is 0 Å². The predicted molar refractivity (Wildman–Crippen MR) is 134 cm³/mol. The highest BCUT2D eigenvalue weighted by atomic mass is 32.1. The molecule has 1 amide bonds. The maximum absolute atomic E-state index is 13.8. The van der Waals surface area contributed by atoms with Gasteiger partial charge in [0.1, 0.15) is 12.1 Å². The zero-order valence-electron chi connectivity index (χ0n) is 19.9. The third-order valence-electron chi connectivity index (χ3n) is 6.28. The molecule has 34 heavy (non-hydrogen) atoms. The van der Waals surface area contributed by atoms with Crippen LogP contribution in [0.2, 0.25) is 0 Å². The monoisotopic (exact) mass is 474 g/mol. The molecular weight excluding hydrogens is 444 g/mol. The average molecular weight is 475 g/mol. The zero-order valence-corrected chi connectivity index (χ0v) is 20.7. The molecule has 2 heterocycles. The van der Waals surface area contributed by atoms with Crippen molar-refractivity contribution < 1.29 is 4.79 Å². The lowest BCUT2D eigenvalue weighted by molar-refractivity contribution is -0.123. The Hall–Kier alpha value is -3.31. The molecular formula is C26H30N6OS. The molecule has 1 aliphatic rings. The van der Waals surface area contributed by atoms with E-state index in [0.29, 0.717) is 5.82 Å². The zero-order chi connectivity index (χ0) is 24.1. The molecule has 3 aromatic rings. The number of benzene rings is 1. The van der Waals surface area contributed by atoms with Crippen LogP contribution in [-0.2, 0) is 10.2 Å². The molecule has 1 atom stereocenters. The Morgan fingerprint density at radius 1 is 1.15 bits per heavy atom. The molecule has 7 nitrogen and oxygen atoms in total. The Kier molecular flexibility index (Phi) is 7.23. The fraction of sp³-hybridized carbons (Fsp3) is 0.423. The van der Waals surface area contributed by atoms with Crippen molar-refractivity contribution >= 4 is 29.1 Å². The topological polar surface area (TPSA) is 94.8 Å². The second-order valence-electron chi connectivity index (χ2n) is 9.75. The van der Waals surface area contributed by atoms with E-state index in [9.17, 15) is 10.1 Å². The van der Waals surface area contributed by atoms with E-state index in [2.05, 4.69) is 58.0 Å². The molecule has 1 aliphatic carbocycles. The maximum atomic E-state index is 13.8. The molecule has 2 aromatic heterocycles. The van der Waals surface area contributed by atoms with Crippen molar-refractivity contribution in [2.75, 3.05) is 4.90 Å². The Bertz CT molecular complexity index is 1140. The summed E-state index contributed by atoms with van der Waals surface area (Å²) in [6.07, 6.45) is 8.80. The quantitative estimate of drug-likeness (QED) is 0.512. The van der Waals surface area contributed by atoms with Gasteiger partial charge < -0.3 is 10.2 Å². The minimum atomic E-state index is -0.743. The highest BCUT2D eigenvalue weighted by Crippen LogP contribution is 2.37. The number of nitrogens with zero attached hydrogens (tertiary/aromatic N) is 5. The first kappa shape index (κ1) is 23.8. The third-order valence-corrected chi connectivity index (χ3v) is 6.79. The van der Waals surface area contributed by atoms with Crippen molar-refractivity contribution in [1.29, 1.82) is 5.26 Å². The summed E-state index contributed by atoms with van der Waals surface area (Å²) in [7, 11) is 0. The van der Waals surface area contributed by atoms with Crippen molar-refractivity contribution in [2.24, 2.45) is 0 Å². The predicted octanol–water partition coefficient (Wildman–Crippen LogP) is 5.43. The van der Waals surface area contributed by atoms with Crippen molar-refractivity contribution in [3.8, 4) is 6.07 Å². The molecule has 4 rings (SSSR count). The summed E-state index contributed by atoms with van der Waals surface area (Å²) < 4.78 is 8.61. The van der Waals surface area contributed by atoms with Crippen LogP contribution >= 0.6 is 11.7 Å². The first-order chi connectivity index (χ1) is 16.4. The average Bonchev–Trinajstić information content (AvgIpc) is 3.31. The summed E-state index contributed by atoms with van der Waals surface area (Å²) in [5.74, 6) is 0.250. The summed E-state index contributed by atoms with van der Waals surface area (Å²) in [6, 6.07) is 13.3. The summed E-state index contributed by atoms with van der Waals surface area (Å²) in [5.41, 5.74) is 2.86. The molecule has 0 bridgehead atoms. The van der Waals surface area contributed by atoms with Crippen LogP contribution in [0.15, 0.2) is 48.8 Å². The van der Waals surface area contributed by atoms with Crippen molar-refractivity contribution in [3.05, 3.63) is 65.6 Å². The maximum Gasteiger partial charge on any atom is 0.248 e. The highest BCUT2D eigenvalue weighted by molar-refractivity contribution is 6.99. The number of hydrogen-bond donors (Lipinski definition) is 1. The molecule has 0 spiro atoms. The Morgan fingerprint density at radius 2 is 1.88 bits per heavy atom. The summed E-state index contributed by atoms with van der Waals surface area (Å²) >= 11 is 0.970. The smallest absolute Gasteiger partial charge is 0.248 e. The number of rotatable bonds is 6. The van der Waals surface area contributed by atoms with Gasteiger partial charge in [0.2, 0.25) is 5.91 Å². The Balaban J connectivity index is 1.81. The molecule has 0 saturated heterocycles. The van der Waals surface area contributed by atoms with Crippen LogP contribution in [0, 0.1) is 11.3 Å². The van der Waals surface area contributed by atoms with Crippen molar-refractivity contribution in [3.63, 3.8) is 0 Å². The van der Waals surface area contributed by atoms with E-state index in [1.165, 1.54) is 12.0 Å². The van der Waals surface area contributed by atoms with Gasteiger partial charge in [-0.1, -0.05) is 58.2 Å². The number of carbonyl (C=O) groups excluding carboxylic acids is 1. The number of amides is 1. The molecule has 1 aromatic carbocycles. The summed E-state index contributed by atoms with van der Waals surface area (Å²) in [4.78, 5) is 19.9. The van der Waals surface area contributed by atoms with Crippen LogP contribution in [0.4, 0.5) is 11.5 Å². The van der Waals surface area contributed by atoms with Gasteiger partial charge in [-0.05, 0) is 42.0 Å². The number of carbonyl (C=O) groups is 1. The minimum absolute atomic E-state index is 0.00945. The first-order valence-electron chi connectivity index (χ1n) is 11.7. The van der Waals surface area contributed by atoms with Crippen LogP contribution in [0.25, 0.3) is 0 Å². The van der Waals surface area contributed by atoms with Gasteiger partial charge in [-0.3, -0.25) is 9.78 Å². The van der Waals surface area contributed by atoms with Gasteiger partial charge in [0.25, 0.3) is 0 Å². The van der Waals surface area contributed by atoms with Crippen molar-refractivity contribution in [2.45, 2.75) is 70.4 Å². The molecule has 1 fully saturated rings. The van der Waals surface area contributed by atoms with Gasteiger partial charge in [-0.15, -0.1) is 0 Å². The first-order valence-corrected chi connectivity index (χ1v) is 12.4. The molecule has 1 unspecified atom stereocenters. The number of anilines is 2. The van der Waals surface area contributed by atoms with Crippen LogP contribution in [0.1, 0.15) is 75.7 Å². The number of nitriles is 1. The second-order valence-corrected chi connectivity index (χ2v) is 10.3. The van der Waals surface area contributed by atoms with E-state index in [4.69, 9.17) is 0 Å². The molecule has 1 N–H and O–H groups in total. The number of hydrogen-bond acceptors (Lipinski definition) is 7. The van der Waals surface area contributed by atoms with Gasteiger partial charge >= 0.3 is 0 Å². The molecule has 0 aliphatic heterocycles. The van der Waals surface area contributed by atoms with E-state index in [1.807, 2.05) is 29.2 Å². The lowest BCUT2D eigenvalue weighted by Crippen LogP contribution is -2.44. The van der Waals surface area contributed by atoms with Gasteiger partial charge in [0.15, 0.2) is 11.5 Å². The van der Waals surface area contributed by atoms with Crippen molar-refractivity contribution in [1.82, 2.24) is 19.0 Å². The highest BCUT2D eigenvalue weighted by Gasteiger charge is 2.34. The lowest BCUT2D eigenvalue weighted by Gasteiger charge is -2.33. The Labute approximate surface area is 205 Å². The van der Waals surface area contributed by atoms with Gasteiger partial charge in [-0.2, -0.15) is 14.0 Å². The molecule has 1 saturated carbocycles. The lowest BCUT2D eigenvalue weighted by atomic mass is 9.87. The van der Waals surface area contributed by atoms with Gasteiger partial charge in [0, 0.05) is 29.7 Å². The fourth-order valence-corrected chi connectivity index (χ4v) is 4.91. The van der Waals surface area contributed by atoms with Crippen LogP contribution in [0.3, 0.4) is 0 Å². The van der Waals surface area contributed by atoms with E-state index in [0.717, 1.165) is 48.7 Å².